The van der Waals surface area contributed by atoms with Gasteiger partial charge >= 0.3 is 17.9 Å². The Bertz CT molecular complexity index is 1060. The molecule has 0 heterocycles. The van der Waals surface area contributed by atoms with Crippen LogP contribution in [0, 0.1) is 0 Å². The van der Waals surface area contributed by atoms with Crippen molar-refractivity contribution in [2.75, 3.05) is 13.2 Å². The summed E-state index contributed by atoms with van der Waals surface area (Å²) in [4.78, 5) is 38.0. The van der Waals surface area contributed by atoms with Gasteiger partial charge in [-0.2, -0.15) is 0 Å². The van der Waals surface area contributed by atoms with Crippen molar-refractivity contribution < 1.29 is 28.6 Å². The first-order valence-electron chi connectivity index (χ1n) is 27.5. The van der Waals surface area contributed by atoms with E-state index < -0.39 is 6.10 Å². The Morgan fingerprint density at radius 1 is 0.317 bits per heavy atom. The minimum absolute atomic E-state index is 0.0760. The lowest BCUT2D eigenvalue weighted by Crippen LogP contribution is -2.30. The summed E-state index contributed by atoms with van der Waals surface area (Å²) in [7, 11) is 0. The van der Waals surface area contributed by atoms with Crippen LogP contribution in [-0.2, 0) is 28.6 Å². The highest BCUT2D eigenvalue weighted by Gasteiger charge is 2.19. The first-order chi connectivity index (χ1) is 31.0. The molecule has 0 spiro atoms. The lowest BCUT2D eigenvalue weighted by molar-refractivity contribution is -0.167. The van der Waals surface area contributed by atoms with Gasteiger partial charge in [0.15, 0.2) is 6.10 Å². The number of ether oxygens (including phenoxy) is 3. The van der Waals surface area contributed by atoms with Crippen LogP contribution in [0.4, 0.5) is 0 Å². The third kappa shape index (κ3) is 50.5. The molecule has 0 aromatic heterocycles. The predicted molar refractivity (Wildman–Crippen MR) is 270 cm³/mol. The van der Waals surface area contributed by atoms with Crippen molar-refractivity contribution in [3.8, 4) is 0 Å². The van der Waals surface area contributed by atoms with Crippen LogP contribution in [0.5, 0.6) is 0 Å². The Labute approximate surface area is 391 Å². The largest absolute Gasteiger partial charge is 0.462 e. The molecule has 0 bridgehead atoms. The molecule has 0 amide bonds. The number of allylic oxidation sites excluding steroid dienone is 6. The summed E-state index contributed by atoms with van der Waals surface area (Å²) in [5.41, 5.74) is 0. The van der Waals surface area contributed by atoms with E-state index in [1.165, 1.54) is 167 Å². The van der Waals surface area contributed by atoms with E-state index in [9.17, 15) is 14.4 Å². The van der Waals surface area contributed by atoms with Crippen LogP contribution in [-0.4, -0.2) is 37.2 Å². The fraction of sp³-hybridized carbons (Fsp3) is 0.842. The molecule has 0 saturated carbocycles. The van der Waals surface area contributed by atoms with Crippen molar-refractivity contribution in [2.45, 2.75) is 297 Å². The van der Waals surface area contributed by atoms with Crippen LogP contribution in [0.1, 0.15) is 290 Å². The molecule has 0 aromatic rings. The van der Waals surface area contributed by atoms with E-state index in [4.69, 9.17) is 14.2 Å². The SMILES string of the molecule is CCCCC/C=C\C/C=C\CCCCCCCC(=O)O[C@@H](COC(=O)CCCCCCCCC/C=C\CCCCCCCC)COC(=O)CCCCCCCCCCCCCCC. The second-order valence-corrected chi connectivity index (χ2v) is 18.5. The first kappa shape index (κ1) is 60.6. The highest BCUT2D eigenvalue weighted by atomic mass is 16.6. The Hall–Kier alpha value is -2.37. The van der Waals surface area contributed by atoms with E-state index in [0.29, 0.717) is 19.3 Å². The number of esters is 3. The average Bonchev–Trinajstić information content (AvgIpc) is 3.28. The van der Waals surface area contributed by atoms with Crippen LogP contribution in [0.2, 0.25) is 0 Å². The lowest BCUT2D eigenvalue weighted by Gasteiger charge is -2.18. The molecule has 0 aliphatic heterocycles. The summed E-state index contributed by atoms with van der Waals surface area (Å²) in [6, 6.07) is 0. The molecule has 6 heteroatoms. The molecule has 0 aromatic carbocycles. The second-order valence-electron chi connectivity index (χ2n) is 18.5. The third-order valence-corrected chi connectivity index (χ3v) is 12.1. The zero-order valence-corrected chi connectivity index (χ0v) is 42.1. The lowest BCUT2D eigenvalue weighted by atomic mass is 10.0. The summed E-state index contributed by atoms with van der Waals surface area (Å²) in [5.74, 6) is -0.881. The maximum absolute atomic E-state index is 12.8. The summed E-state index contributed by atoms with van der Waals surface area (Å²) in [6.45, 7) is 6.62. The van der Waals surface area contributed by atoms with E-state index in [-0.39, 0.29) is 31.1 Å². The van der Waals surface area contributed by atoms with Crippen molar-refractivity contribution >= 4 is 17.9 Å². The molecule has 368 valence electrons. The third-order valence-electron chi connectivity index (χ3n) is 12.1. The molecule has 0 aliphatic rings. The standard InChI is InChI=1S/C57H104O6/c1-4-7-10-13-16-19-22-25-27-28-30-32-35-38-41-44-47-50-56(59)62-53-54(52-61-55(58)49-46-43-40-37-34-31-24-21-18-15-12-9-6-3)63-57(60)51-48-45-42-39-36-33-29-26-23-20-17-14-11-8-5-2/h17,20,25-27,29,54H,4-16,18-19,21-24,28,30-53H2,1-3H3/b20-17-,27-25-,29-26-/t54-/m1/s1. The van der Waals surface area contributed by atoms with Gasteiger partial charge in [-0.25, -0.2) is 0 Å². The maximum Gasteiger partial charge on any atom is 0.306 e. The maximum atomic E-state index is 12.8. The summed E-state index contributed by atoms with van der Waals surface area (Å²) in [5, 5.41) is 0. The van der Waals surface area contributed by atoms with E-state index >= 15 is 0 Å². The second kappa shape index (κ2) is 52.3. The summed E-state index contributed by atoms with van der Waals surface area (Å²) < 4.78 is 16.8. The number of rotatable bonds is 50. The summed E-state index contributed by atoms with van der Waals surface area (Å²) in [6.07, 6.45) is 61.2. The number of hydrogen-bond donors (Lipinski definition) is 0. The van der Waals surface area contributed by atoms with Crippen LogP contribution < -0.4 is 0 Å². The Morgan fingerprint density at radius 3 is 0.921 bits per heavy atom. The van der Waals surface area contributed by atoms with Gasteiger partial charge in [-0.3, -0.25) is 14.4 Å². The first-order valence-corrected chi connectivity index (χ1v) is 27.5. The fourth-order valence-electron chi connectivity index (χ4n) is 7.94. The van der Waals surface area contributed by atoms with Crippen molar-refractivity contribution in [1.29, 1.82) is 0 Å². The smallest absolute Gasteiger partial charge is 0.306 e. The van der Waals surface area contributed by atoms with Gasteiger partial charge < -0.3 is 14.2 Å². The molecule has 0 unspecified atom stereocenters. The van der Waals surface area contributed by atoms with E-state index in [1.807, 2.05) is 0 Å². The average molecular weight is 885 g/mol. The predicted octanol–water partition coefficient (Wildman–Crippen LogP) is 18.1. The van der Waals surface area contributed by atoms with Crippen molar-refractivity contribution in [2.24, 2.45) is 0 Å². The summed E-state index contributed by atoms with van der Waals surface area (Å²) >= 11 is 0. The van der Waals surface area contributed by atoms with E-state index in [1.54, 1.807) is 0 Å². The topological polar surface area (TPSA) is 78.9 Å². The normalized spacial score (nSPS) is 12.2. The van der Waals surface area contributed by atoms with Crippen LogP contribution >= 0.6 is 0 Å². The van der Waals surface area contributed by atoms with Gasteiger partial charge in [-0.1, -0.05) is 231 Å². The quantitative estimate of drug-likeness (QED) is 0.0262. The van der Waals surface area contributed by atoms with Gasteiger partial charge in [-0.05, 0) is 77.0 Å². The molecule has 63 heavy (non-hydrogen) atoms. The molecular weight excluding hydrogens is 781 g/mol. The van der Waals surface area contributed by atoms with Gasteiger partial charge in [0.1, 0.15) is 13.2 Å². The van der Waals surface area contributed by atoms with E-state index in [0.717, 1.165) is 83.5 Å². The molecular formula is C57H104O6. The molecule has 0 rings (SSSR count). The van der Waals surface area contributed by atoms with Gasteiger partial charge in [0.2, 0.25) is 0 Å². The highest BCUT2D eigenvalue weighted by molar-refractivity contribution is 5.71. The highest BCUT2D eigenvalue weighted by Crippen LogP contribution is 2.16. The van der Waals surface area contributed by atoms with Crippen LogP contribution in [0.15, 0.2) is 36.5 Å². The number of unbranched alkanes of at least 4 members (excludes halogenated alkanes) is 33. The molecule has 0 fully saturated rings. The van der Waals surface area contributed by atoms with Crippen LogP contribution in [0.25, 0.3) is 0 Å². The van der Waals surface area contributed by atoms with Crippen molar-refractivity contribution in [3.63, 3.8) is 0 Å². The minimum Gasteiger partial charge on any atom is -0.462 e. The van der Waals surface area contributed by atoms with Gasteiger partial charge in [-0.15, -0.1) is 0 Å². The van der Waals surface area contributed by atoms with Gasteiger partial charge in [0, 0.05) is 19.3 Å². The zero-order valence-electron chi connectivity index (χ0n) is 42.1. The Balaban J connectivity index is 4.37. The van der Waals surface area contributed by atoms with Crippen molar-refractivity contribution in [3.05, 3.63) is 36.5 Å². The van der Waals surface area contributed by atoms with Gasteiger partial charge in [0.25, 0.3) is 0 Å². The van der Waals surface area contributed by atoms with Gasteiger partial charge in [0.05, 0.1) is 0 Å². The van der Waals surface area contributed by atoms with E-state index in [2.05, 4.69) is 57.2 Å². The molecule has 0 saturated heterocycles. The molecule has 0 aliphatic carbocycles. The number of carbonyl (C=O) groups is 3. The molecule has 1 atom stereocenters. The fourth-order valence-corrected chi connectivity index (χ4v) is 7.94. The molecule has 6 nitrogen and oxygen atoms in total. The molecule has 0 N–H and O–H groups in total. The molecule has 0 radical (unpaired) electrons. The van der Waals surface area contributed by atoms with Crippen molar-refractivity contribution in [1.82, 2.24) is 0 Å². The number of carbonyl (C=O) groups excluding carboxylic acids is 3. The van der Waals surface area contributed by atoms with Crippen LogP contribution in [0.3, 0.4) is 0 Å². The minimum atomic E-state index is -0.777. The number of hydrogen-bond acceptors (Lipinski definition) is 6. The Kier molecular flexibility index (Phi) is 50.3. The Morgan fingerprint density at radius 2 is 0.571 bits per heavy atom. The zero-order chi connectivity index (χ0) is 45.8. The monoisotopic (exact) mass is 885 g/mol.